The summed E-state index contributed by atoms with van der Waals surface area (Å²) in [7, 11) is 0. The Labute approximate surface area is 93.3 Å². The molecule has 1 atom stereocenters. The molecule has 0 radical (unpaired) electrons. The third-order valence-corrected chi connectivity index (χ3v) is 4.03. The van der Waals surface area contributed by atoms with Gasteiger partial charge in [0.25, 0.3) is 0 Å². The molecular weight excluding hydrogens is 204 g/mol. The fourth-order valence-electron chi connectivity index (χ4n) is 2.29. The van der Waals surface area contributed by atoms with Crippen molar-refractivity contribution < 1.29 is 0 Å². The first-order valence-electron chi connectivity index (χ1n) is 5.48. The highest BCUT2D eigenvalue weighted by Gasteiger charge is 2.18. The van der Waals surface area contributed by atoms with Crippen molar-refractivity contribution in [1.29, 1.82) is 0 Å². The summed E-state index contributed by atoms with van der Waals surface area (Å²) in [5.74, 6) is 0.612. The molecule has 2 nitrogen and oxygen atoms in total. The SMILES string of the molecule is c1cc2ccsc2c(C2CCCNC2)n1. The standard InChI is InChI=1S/C12H14N2S/c1-2-10(8-13-5-1)11-12-9(3-6-14-11)4-7-15-12/h3-4,6-7,10,13H,1-2,5,8H2. The van der Waals surface area contributed by atoms with Gasteiger partial charge in [-0.15, -0.1) is 11.3 Å². The van der Waals surface area contributed by atoms with Crippen molar-refractivity contribution in [2.75, 3.05) is 13.1 Å². The van der Waals surface area contributed by atoms with Crippen molar-refractivity contribution in [1.82, 2.24) is 10.3 Å². The van der Waals surface area contributed by atoms with Gasteiger partial charge in [0, 0.05) is 18.7 Å². The van der Waals surface area contributed by atoms with Crippen LogP contribution in [0.15, 0.2) is 23.7 Å². The van der Waals surface area contributed by atoms with Crippen molar-refractivity contribution in [3.05, 3.63) is 29.4 Å². The monoisotopic (exact) mass is 218 g/mol. The zero-order valence-corrected chi connectivity index (χ0v) is 9.39. The van der Waals surface area contributed by atoms with Crippen molar-refractivity contribution in [2.24, 2.45) is 0 Å². The lowest BCUT2D eigenvalue weighted by atomic mass is 9.95. The lowest BCUT2D eigenvalue weighted by Gasteiger charge is -2.22. The van der Waals surface area contributed by atoms with Crippen LogP contribution in [0.2, 0.25) is 0 Å². The predicted octanol–water partition coefficient (Wildman–Crippen LogP) is 2.76. The number of nitrogens with zero attached hydrogens (tertiary/aromatic N) is 1. The molecule has 2 aromatic heterocycles. The fraction of sp³-hybridized carbons (Fsp3) is 0.417. The molecule has 2 aromatic rings. The van der Waals surface area contributed by atoms with Crippen LogP contribution < -0.4 is 5.32 Å². The van der Waals surface area contributed by atoms with Crippen LogP contribution in [0, 0.1) is 0 Å². The molecule has 0 bridgehead atoms. The van der Waals surface area contributed by atoms with Crippen LogP contribution in [-0.2, 0) is 0 Å². The zero-order valence-electron chi connectivity index (χ0n) is 8.57. The van der Waals surface area contributed by atoms with Crippen LogP contribution in [0.25, 0.3) is 10.1 Å². The molecular formula is C12H14N2S. The van der Waals surface area contributed by atoms with E-state index in [2.05, 4.69) is 27.8 Å². The number of aromatic nitrogens is 1. The zero-order chi connectivity index (χ0) is 10.1. The maximum atomic E-state index is 4.57. The van der Waals surface area contributed by atoms with Crippen molar-refractivity contribution in [3.63, 3.8) is 0 Å². The minimum atomic E-state index is 0.612. The maximum absolute atomic E-state index is 4.57. The molecule has 1 saturated heterocycles. The Kier molecular flexibility index (Phi) is 2.43. The summed E-state index contributed by atoms with van der Waals surface area (Å²) >= 11 is 1.82. The highest BCUT2D eigenvalue weighted by Crippen LogP contribution is 2.31. The number of piperidine rings is 1. The summed E-state index contributed by atoms with van der Waals surface area (Å²) in [5, 5.41) is 6.96. The van der Waals surface area contributed by atoms with Crippen LogP contribution in [0.5, 0.6) is 0 Å². The lowest BCUT2D eigenvalue weighted by molar-refractivity contribution is 0.457. The Morgan fingerprint density at radius 2 is 2.40 bits per heavy atom. The average molecular weight is 218 g/mol. The van der Waals surface area contributed by atoms with E-state index in [4.69, 9.17) is 0 Å². The van der Waals surface area contributed by atoms with Crippen molar-refractivity contribution >= 4 is 21.4 Å². The van der Waals surface area contributed by atoms with Crippen molar-refractivity contribution in [2.45, 2.75) is 18.8 Å². The number of fused-ring (bicyclic) bond motifs is 1. The van der Waals surface area contributed by atoms with Gasteiger partial charge in [-0.3, -0.25) is 4.98 Å². The van der Waals surface area contributed by atoms with Crippen LogP contribution in [0.4, 0.5) is 0 Å². The van der Waals surface area contributed by atoms with E-state index in [-0.39, 0.29) is 0 Å². The number of nitrogens with one attached hydrogen (secondary N) is 1. The first-order chi connectivity index (χ1) is 7.45. The summed E-state index contributed by atoms with van der Waals surface area (Å²) in [6.07, 6.45) is 4.49. The molecule has 3 rings (SSSR count). The molecule has 1 aliphatic rings. The van der Waals surface area contributed by atoms with Crippen molar-refractivity contribution in [3.8, 4) is 0 Å². The van der Waals surface area contributed by atoms with E-state index in [0.717, 1.165) is 13.1 Å². The third-order valence-electron chi connectivity index (χ3n) is 3.08. The summed E-state index contributed by atoms with van der Waals surface area (Å²) in [6.45, 7) is 2.25. The molecule has 0 spiro atoms. The van der Waals surface area contributed by atoms with Crippen LogP contribution in [0.1, 0.15) is 24.5 Å². The molecule has 1 N–H and O–H groups in total. The Hall–Kier alpha value is -0.930. The molecule has 0 saturated carbocycles. The van der Waals surface area contributed by atoms with Crippen LogP contribution in [-0.4, -0.2) is 18.1 Å². The molecule has 0 aliphatic carbocycles. The molecule has 0 aromatic carbocycles. The molecule has 3 heteroatoms. The smallest absolute Gasteiger partial charge is 0.0625 e. The summed E-state index contributed by atoms with van der Waals surface area (Å²) in [5.41, 5.74) is 1.30. The molecule has 78 valence electrons. The van der Waals surface area contributed by atoms with Gasteiger partial charge in [0.15, 0.2) is 0 Å². The summed E-state index contributed by atoms with van der Waals surface area (Å²) < 4.78 is 1.38. The minimum absolute atomic E-state index is 0.612. The number of rotatable bonds is 1. The van der Waals surface area contributed by atoms with Crippen LogP contribution in [0.3, 0.4) is 0 Å². The molecule has 1 aliphatic heterocycles. The van der Waals surface area contributed by atoms with Gasteiger partial charge in [-0.05, 0) is 42.3 Å². The summed E-state index contributed by atoms with van der Waals surface area (Å²) in [6, 6.07) is 4.28. The van der Waals surface area contributed by atoms with E-state index in [1.807, 2.05) is 17.5 Å². The Morgan fingerprint density at radius 3 is 3.27 bits per heavy atom. The number of pyridine rings is 1. The lowest BCUT2D eigenvalue weighted by Crippen LogP contribution is -2.28. The second-order valence-electron chi connectivity index (χ2n) is 4.08. The molecule has 1 unspecified atom stereocenters. The highest BCUT2D eigenvalue weighted by molar-refractivity contribution is 7.17. The first-order valence-corrected chi connectivity index (χ1v) is 6.36. The van der Waals surface area contributed by atoms with E-state index in [0.29, 0.717) is 5.92 Å². The minimum Gasteiger partial charge on any atom is -0.316 e. The molecule has 3 heterocycles. The Morgan fingerprint density at radius 1 is 1.40 bits per heavy atom. The Balaban J connectivity index is 2.05. The van der Waals surface area contributed by atoms with Gasteiger partial charge >= 0.3 is 0 Å². The number of hydrogen-bond acceptors (Lipinski definition) is 3. The average Bonchev–Trinajstić information content (AvgIpc) is 2.78. The topological polar surface area (TPSA) is 24.9 Å². The van der Waals surface area contributed by atoms with Gasteiger partial charge in [-0.2, -0.15) is 0 Å². The second-order valence-corrected chi connectivity index (χ2v) is 4.99. The summed E-state index contributed by atoms with van der Waals surface area (Å²) in [4.78, 5) is 4.57. The fourth-order valence-corrected chi connectivity index (χ4v) is 3.25. The van der Waals surface area contributed by atoms with Gasteiger partial charge in [-0.1, -0.05) is 0 Å². The van der Waals surface area contributed by atoms with E-state index in [9.17, 15) is 0 Å². The first kappa shape index (κ1) is 9.31. The number of hydrogen-bond donors (Lipinski definition) is 1. The largest absolute Gasteiger partial charge is 0.316 e. The van der Waals surface area contributed by atoms with Gasteiger partial charge < -0.3 is 5.32 Å². The maximum Gasteiger partial charge on any atom is 0.0625 e. The second kappa shape index (κ2) is 3.91. The predicted molar refractivity (Wildman–Crippen MR) is 64.5 cm³/mol. The van der Waals surface area contributed by atoms with E-state index in [1.165, 1.54) is 28.6 Å². The van der Waals surface area contributed by atoms with E-state index >= 15 is 0 Å². The van der Waals surface area contributed by atoms with Crippen LogP contribution >= 0.6 is 11.3 Å². The number of thiophene rings is 1. The molecule has 0 amide bonds. The van der Waals surface area contributed by atoms with Gasteiger partial charge in [-0.25, -0.2) is 0 Å². The van der Waals surface area contributed by atoms with Gasteiger partial charge in [0.1, 0.15) is 0 Å². The Bertz CT molecular complexity index is 457. The molecule has 15 heavy (non-hydrogen) atoms. The molecule has 1 fully saturated rings. The quantitative estimate of drug-likeness (QED) is 0.796. The van der Waals surface area contributed by atoms with E-state index in [1.54, 1.807) is 0 Å². The third kappa shape index (κ3) is 1.66. The van der Waals surface area contributed by atoms with E-state index < -0.39 is 0 Å². The highest BCUT2D eigenvalue weighted by atomic mass is 32.1. The van der Waals surface area contributed by atoms with Gasteiger partial charge in [0.2, 0.25) is 0 Å². The van der Waals surface area contributed by atoms with Gasteiger partial charge in [0.05, 0.1) is 10.4 Å². The normalized spacial score (nSPS) is 22.0.